The summed E-state index contributed by atoms with van der Waals surface area (Å²) < 4.78 is 0. The fourth-order valence-electron chi connectivity index (χ4n) is 2.20. The number of benzene rings is 1. The molecule has 0 spiro atoms. The maximum atomic E-state index is 11.8. The van der Waals surface area contributed by atoms with Crippen LogP contribution in [0.15, 0.2) is 30.3 Å². The Labute approximate surface area is 119 Å². The molecule has 0 aliphatic carbocycles. The summed E-state index contributed by atoms with van der Waals surface area (Å²) >= 11 is 0. The molecule has 0 radical (unpaired) electrons. The lowest BCUT2D eigenvalue weighted by Crippen LogP contribution is -2.92. The quantitative estimate of drug-likeness (QED) is 0.722. The maximum absolute atomic E-state index is 11.8. The molecule has 0 saturated carbocycles. The van der Waals surface area contributed by atoms with E-state index >= 15 is 0 Å². The molecule has 1 aromatic carbocycles. The van der Waals surface area contributed by atoms with Gasteiger partial charge in [-0.2, -0.15) is 0 Å². The Morgan fingerprint density at radius 3 is 2.30 bits per heavy atom. The molecule has 0 saturated heterocycles. The van der Waals surface area contributed by atoms with Gasteiger partial charge in [0, 0.05) is 12.0 Å². The Morgan fingerprint density at radius 2 is 1.80 bits per heavy atom. The molecule has 0 aliphatic heterocycles. The standard InChI is InChI=1S/C15H23N3O2/c1-10(2)9-13(12-7-5-4-6-8-12)17-11(3)14(19)18-15(16)20/h4-8,10-11,13,17H,9H2,1-3H3,(H3,16,18,19,20)/p+1/t11-,13+/m1/s1. The number of nitrogens with one attached hydrogen (secondary N) is 1. The van der Waals surface area contributed by atoms with E-state index in [4.69, 9.17) is 5.73 Å². The molecule has 0 unspecified atom stereocenters. The summed E-state index contributed by atoms with van der Waals surface area (Å²) in [5.41, 5.74) is 6.15. The fraction of sp³-hybridized carbons (Fsp3) is 0.467. The van der Waals surface area contributed by atoms with Crippen LogP contribution in [0.2, 0.25) is 0 Å². The van der Waals surface area contributed by atoms with Crippen LogP contribution >= 0.6 is 0 Å². The van der Waals surface area contributed by atoms with Crippen molar-refractivity contribution >= 4 is 11.9 Å². The Kier molecular flexibility index (Phi) is 6.18. The molecule has 20 heavy (non-hydrogen) atoms. The maximum Gasteiger partial charge on any atom is 0.319 e. The average Bonchev–Trinajstić information content (AvgIpc) is 2.37. The first kappa shape index (κ1) is 16.2. The molecule has 5 nitrogen and oxygen atoms in total. The van der Waals surface area contributed by atoms with Crippen LogP contribution in [0.25, 0.3) is 0 Å². The monoisotopic (exact) mass is 278 g/mol. The van der Waals surface area contributed by atoms with Crippen LogP contribution in [0.4, 0.5) is 4.79 Å². The van der Waals surface area contributed by atoms with E-state index in [1.54, 1.807) is 6.92 Å². The highest BCUT2D eigenvalue weighted by Gasteiger charge is 2.24. The summed E-state index contributed by atoms with van der Waals surface area (Å²) in [5.74, 6) is 0.157. The van der Waals surface area contributed by atoms with Gasteiger partial charge in [-0.05, 0) is 12.8 Å². The Morgan fingerprint density at radius 1 is 1.20 bits per heavy atom. The van der Waals surface area contributed by atoms with Gasteiger partial charge in [0.15, 0.2) is 6.04 Å². The minimum Gasteiger partial charge on any atom is -0.351 e. The largest absolute Gasteiger partial charge is 0.351 e. The van der Waals surface area contributed by atoms with E-state index in [-0.39, 0.29) is 18.0 Å². The van der Waals surface area contributed by atoms with Gasteiger partial charge in [0.25, 0.3) is 5.91 Å². The number of hydrogen-bond donors (Lipinski definition) is 3. The second kappa shape index (κ2) is 7.65. The number of urea groups is 1. The van der Waals surface area contributed by atoms with Crippen molar-refractivity contribution in [2.45, 2.75) is 39.3 Å². The number of imide groups is 1. The minimum absolute atomic E-state index is 0.185. The van der Waals surface area contributed by atoms with Crippen molar-refractivity contribution in [2.75, 3.05) is 0 Å². The third-order valence-corrected chi connectivity index (χ3v) is 3.13. The van der Waals surface area contributed by atoms with Crippen molar-refractivity contribution in [1.82, 2.24) is 5.32 Å². The van der Waals surface area contributed by atoms with E-state index in [1.807, 2.05) is 23.5 Å². The molecule has 0 aliphatic rings. The van der Waals surface area contributed by atoms with Gasteiger partial charge in [-0.1, -0.05) is 44.2 Å². The Bertz CT molecular complexity index is 446. The summed E-state index contributed by atoms with van der Waals surface area (Å²) in [6, 6.07) is 9.07. The highest BCUT2D eigenvalue weighted by molar-refractivity contribution is 5.95. The molecule has 0 fully saturated rings. The zero-order valence-electron chi connectivity index (χ0n) is 12.3. The molecule has 1 rings (SSSR count). The normalized spacial score (nSPS) is 13.8. The highest BCUT2D eigenvalue weighted by atomic mass is 16.2. The van der Waals surface area contributed by atoms with E-state index < -0.39 is 6.03 Å². The number of carbonyl (C=O) groups excluding carboxylic acids is 2. The van der Waals surface area contributed by atoms with Gasteiger partial charge < -0.3 is 11.1 Å². The first-order valence-corrected chi connectivity index (χ1v) is 6.90. The predicted octanol–water partition coefficient (Wildman–Crippen LogP) is 0.921. The van der Waals surface area contributed by atoms with E-state index in [2.05, 4.69) is 31.3 Å². The Balaban J connectivity index is 2.75. The second-order valence-corrected chi connectivity index (χ2v) is 5.48. The number of primary amides is 1. The van der Waals surface area contributed by atoms with Crippen molar-refractivity contribution in [1.29, 1.82) is 0 Å². The van der Waals surface area contributed by atoms with E-state index in [1.165, 1.54) is 5.56 Å². The first-order chi connectivity index (χ1) is 9.40. The van der Waals surface area contributed by atoms with Crippen LogP contribution in [0.3, 0.4) is 0 Å². The number of quaternary nitrogens is 1. The van der Waals surface area contributed by atoms with Gasteiger partial charge >= 0.3 is 6.03 Å². The van der Waals surface area contributed by atoms with Crippen LogP contribution in [-0.2, 0) is 4.79 Å². The van der Waals surface area contributed by atoms with Gasteiger partial charge in [0.2, 0.25) is 0 Å². The molecule has 0 bridgehead atoms. The van der Waals surface area contributed by atoms with Crippen molar-refractivity contribution in [2.24, 2.45) is 11.7 Å². The van der Waals surface area contributed by atoms with Crippen molar-refractivity contribution in [3.05, 3.63) is 35.9 Å². The number of rotatable bonds is 6. The van der Waals surface area contributed by atoms with E-state index in [0.717, 1.165) is 6.42 Å². The molecule has 0 heterocycles. The van der Waals surface area contributed by atoms with Gasteiger partial charge in [-0.25, -0.2) is 4.79 Å². The molecular formula is C15H24N3O2+. The van der Waals surface area contributed by atoms with Crippen LogP contribution in [0, 0.1) is 5.92 Å². The summed E-state index contributed by atoms with van der Waals surface area (Å²) in [6.45, 7) is 6.07. The molecule has 3 amide bonds. The number of nitrogens with two attached hydrogens (primary N) is 2. The summed E-state index contributed by atoms with van der Waals surface area (Å²) in [5, 5.41) is 4.10. The molecule has 5 heteroatoms. The summed E-state index contributed by atoms with van der Waals surface area (Å²) in [7, 11) is 0. The molecule has 2 atom stereocenters. The lowest BCUT2D eigenvalue weighted by atomic mass is 9.96. The minimum atomic E-state index is -0.810. The first-order valence-electron chi connectivity index (χ1n) is 6.90. The topological polar surface area (TPSA) is 88.8 Å². The molecule has 0 aromatic heterocycles. The van der Waals surface area contributed by atoms with Crippen molar-refractivity contribution in [3.8, 4) is 0 Å². The van der Waals surface area contributed by atoms with Crippen molar-refractivity contribution < 1.29 is 14.9 Å². The van der Waals surface area contributed by atoms with Gasteiger partial charge in [0.05, 0.1) is 0 Å². The summed E-state index contributed by atoms with van der Waals surface area (Å²) in [6.07, 6.45) is 0.957. The van der Waals surface area contributed by atoms with Crippen molar-refractivity contribution in [3.63, 3.8) is 0 Å². The highest BCUT2D eigenvalue weighted by Crippen LogP contribution is 2.17. The smallest absolute Gasteiger partial charge is 0.319 e. The summed E-state index contributed by atoms with van der Waals surface area (Å²) in [4.78, 5) is 22.5. The molecule has 1 aromatic rings. The van der Waals surface area contributed by atoms with Crippen LogP contribution in [0.1, 0.15) is 38.8 Å². The number of carbonyl (C=O) groups is 2. The van der Waals surface area contributed by atoms with Crippen LogP contribution in [0.5, 0.6) is 0 Å². The van der Waals surface area contributed by atoms with E-state index in [0.29, 0.717) is 5.92 Å². The molecular weight excluding hydrogens is 254 g/mol. The zero-order valence-corrected chi connectivity index (χ0v) is 12.3. The van der Waals surface area contributed by atoms with E-state index in [9.17, 15) is 9.59 Å². The number of hydrogen-bond acceptors (Lipinski definition) is 2. The third kappa shape index (κ3) is 5.40. The van der Waals surface area contributed by atoms with Gasteiger partial charge in [-0.15, -0.1) is 0 Å². The van der Waals surface area contributed by atoms with Gasteiger partial charge in [-0.3, -0.25) is 10.1 Å². The lowest BCUT2D eigenvalue weighted by molar-refractivity contribution is -0.714. The molecule has 5 N–H and O–H groups in total. The van der Waals surface area contributed by atoms with Gasteiger partial charge in [0.1, 0.15) is 6.04 Å². The fourth-order valence-corrected chi connectivity index (χ4v) is 2.20. The third-order valence-electron chi connectivity index (χ3n) is 3.13. The predicted molar refractivity (Wildman–Crippen MR) is 77.8 cm³/mol. The lowest BCUT2D eigenvalue weighted by Gasteiger charge is -2.21. The Hall–Kier alpha value is -1.88. The number of amides is 3. The van der Waals surface area contributed by atoms with Crippen LogP contribution in [-0.4, -0.2) is 18.0 Å². The SMILES string of the molecule is CC(C)C[C@H]([NH2+][C@H](C)C(=O)NC(N)=O)c1ccccc1. The second-order valence-electron chi connectivity index (χ2n) is 5.48. The average molecular weight is 278 g/mol. The zero-order chi connectivity index (χ0) is 15.1. The van der Waals surface area contributed by atoms with Crippen LogP contribution < -0.4 is 16.4 Å². The molecule has 110 valence electrons.